The Morgan fingerprint density at radius 2 is 2.12 bits per heavy atom. The topological polar surface area (TPSA) is 41.9 Å². The third kappa shape index (κ3) is 2.66. The van der Waals surface area contributed by atoms with Crippen molar-refractivity contribution in [1.29, 1.82) is 0 Å². The first-order valence-corrected chi connectivity index (χ1v) is 9.07. The Bertz CT molecular complexity index is 953. The molecule has 0 N–H and O–H groups in total. The van der Waals surface area contributed by atoms with Gasteiger partial charge in [0.1, 0.15) is 27.3 Å². The van der Waals surface area contributed by atoms with Gasteiger partial charge in [-0.25, -0.2) is 13.8 Å². The van der Waals surface area contributed by atoms with E-state index < -0.39 is 16.5 Å². The predicted molar refractivity (Wildman–Crippen MR) is 96.2 cm³/mol. The normalized spacial score (nSPS) is 21.4. The fourth-order valence-corrected chi connectivity index (χ4v) is 4.78. The zero-order valence-corrected chi connectivity index (χ0v) is 15.2. The van der Waals surface area contributed by atoms with E-state index in [1.54, 1.807) is 18.2 Å². The van der Waals surface area contributed by atoms with Crippen LogP contribution in [0.1, 0.15) is 24.5 Å². The number of hydrogen-bond acceptors (Lipinski definition) is 4. The van der Waals surface area contributed by atoms with Crippen molar-refractivity contribution >= 4 is 34.3 Å². The average Bonchev–Trinajstić information content (AvgIpc) is 2.98. The third-order valence-electron chi connectivity index (χ3n) is 4.32. The molecule has 0 fully saturated rings. The van der Waals surface area contributed by atoms with E-state index in [0.717, 1.165) is 18.2 Å². The van der Waals surface area contributed by atoms with Gasteiger partial charge in [-0.05, 0) is 36.4 Å². The summed E-state index contributed by atoms with van der Waals surface area (Å²) >= 11 is 7.36. The van der Waals surface area contributed by atoms with Crippen LogP contribution in [0.5, 0.6) is 5.75 Å². The summed E-state index contributed by atoms with van der Waals surface area (Å²) in [6.07, 6.45) is 0.439. The van der Waals surface area contributed by atoms with Crippen LogP contribution in [0.2, 0.25) is 5.02 Å². The molecule has 4 rings (SSSR count). The molecule has 26 heavy (non-hydrogen) atoms. The molecular formula is C18H13ClF2N2O2S. The van der Waals surface area contributed by atoms with Gasteiger partial charge in [0.15, 0.2) is 0 Å². The highest BCUT2D eigenvalue weighted by atomic mass is 35.5. The summed E-state index contributed by atoms with van der Waals surface area (Å²) in [5.74, 6) is -0.889. The number of hydrazone groups is 1. The number of carbonyl (C=O) groups excluding carboxylic acids is 1. The van der Waals surface area contributed by atoms with Crippen LogP contribution >= 0.6 is 23.4 Å². The number of amides is 1. The molecule has 2 heterocycles. The smallest absolute Gasteiger partial charge is 0.241 e. The summed E-state index contributed by atoms with van der Waals surface area (Å²) in [7, 11) is 0. The number of fused-ring (bicyclic) bond motifs is 2. The molecule has 0 saturated carbocycles. The number of halogens is 3. The zero-order chi connectivity index (χ0) is 18.5. The lowest BCUT2D eigenvalue weighted by Gasteiger charge is -2.39. The second-order valence-corrected chi connectivity index (χ2v) is 7.69. The van der Waals surface area contributed by atoms with E-state index in [2.05, 4.69) is 5.10 Å². The average molecular weight is 395 g/mol. The minimum absolute atomic E-state index is 0.0215. The zero-order valence-electron chi connectivity index (χ0n) is 13.6. The van der Waals surface area contributed by atoms with Crippen LogP contribution in [0.4, 0.5) is 8.78 Å². The Kier molecular flexibility index (Phi) is 4.16. The third-order valence-corrected chi connectivity index (χ3v) is 5.98. The molecule has 134 valence electrons. The maximum Gasteiger partial charge on any atom is 0.241 e. The number of ether oxygens (including phenoxy) is 1. The molecule has 0 bridgehead atoms. The Hall–Kier alpha value is -2.12. The Morgan fingerprint density at radius 1 is 1.31 bits per heavy atom. The Morgan fingerprint density at radius 3 is 2.88 bits per heavy atom. The van der Waals surface area contributed by atoms with Gasteiger partial charge in [-0.1, -0.05) is 23.4 Å². The van der Waals surface area contributed by atoms with Crippen LogP contribution in [0.25, 0.3) is 0 Å². The number of benzene rings is 2. The molecule has 2 aromatic rings. The van der Waals surface area contributed by atoms with Crippen molar-refractivity contribution in [3.05, 3.63) is 64.2 Å². The number of nitrogens with zero attached hydrogens (tertiary/aromatic N) is 2. The van der Waals surface area contributed by atoms with Crippen LogP contribution < -0.4 is 4.74 Å². The largest absolute Gasteiger partial charge is 0.493 e. The highest BCUT2D eigenvalue weighted by molar-refractivity contribution is 8.15. The maximum absolute atomic E-state index is 14.3. The fourth-order valence-electron chi connectivity index (χ4n) is 3.18. The van der Waals surface area contributed by atoms with E-state index in [1.165, 1.54) is 23.7 Å². The molecule has 1 amide bonds. The van der Waals surface area contributed by atoms with Crippen molar-refractivity contribution in [1.82, 2.24) is 5.01 Å². The predicted octanol–water partition coefficient (Wildman–Crippen LogP) is 4.51. The first kappa shape index (κ1) is 17.3. The summed E-state index contributed by atoms with van der Waals surface area (Å²) < 4.78 is 33.6. The van der Waals surface area contributed by atoms with E-state index in [9.17, 15) is 13.6 Å². The number of rotatable bonds is 1. The first-order valence-electron chi connectivity index (χ1n) is 7.87. The quantitative estimate of drug-likeness (QED) is 0.714. The molecule has 1 spiro atoms. The summed E-state index contributed by atoms with van der Waals surface area (Å²) in [6.45, 7) is 1.75. The molecule has 2 aromatic carbocycles. The summed E-state index contributed by atoms with van der Waals surface area (Å²) in [6, 6.07) is 8.33. The highest BCUT2D eigenvalue weighted by Gasteiger charge is 2.51. The van der Waals surface area contributed by atoms with E-state index in [4.69, 9.17) is 16.3 Å². The lowest BCUT2D eigenvalue weighted by molar-refractivity contribution is -0.132. The number of thioether (sulfide) groups is 1. The van der Waals surface area contributed by atoms with Gasteiger partial charge in [0.25, 0.3) is 0 Å². The molecular weight excluding hydrogens is 382 g/mol. The summed E-state index contributed by atoms with van der Waals surface area (Å²) in [5.41, 5.74) is 0.709. The van der Waals surface area contributed by atoms with Gasteiger partial charge in [-0.3, -0.25) is 4.79 Å². The number of carbonyl (C=O) groups is 1. The molecule has 1 unspecified atom stereocenters. The minimum atomic E-state index is -0.904. The van der Waals surface area contributed by atoms with E-state index in [-0.39, 0.29) is 16.5 Å². The molecule has 1 atom stereocenters. The van der Waals surface area contributed by atoms with Crippen molar-refractivity contribution in [3.63, 3.8) is 0 Å². The fraction of sp³-hybridized carbons (Fsp3) is 0.222. The molecule has 0 aliphatic carbocycles. The molecule has 8 heteroatoms. The SMILES string of the molecule is CC(=O)N1N=C(c2cc(F)ccc2F)SC12CCOc1ccc(Cl)cc12. The Labute approximate surface area is 157 Å². The first-order chi connectivity index (χ1) is 12.4. The number of hydrogen-bond donors (Lipinski definition) is 0. The van der Waals surface area contributed by atoms with Crippen molar-refractivity contribution < 1.29 is 18.3 Å². The van der Waals surface area contributed by atoms with Crippen molar-refractivity contribution in [2.75, 3.05) is 6.61 Å². The van der Waals surface area contributed by atoms with Gasteiger partial charge in [0.2, 0.25) is 5.91 Å². The van der Waals surface area contributed by atoms with E-state index >= 15 is 0 Å². The van der Waals surface area contributed by atoms with Gasteiger partial charge in [-0.2, -0.15) is 5.10 Å². The Balaban J connectivity index is 1.86. The van der Waals surface area contributed by atoms with Gasteiger partial charge in [0, 0.05) is 29.5 Å². The second-order valence-electron chi connectivity index (χ2n) is 5.99. The lowest BCUT2D eigenvalue weighted by Crippen LogP contribution is -2.43. The minimum Gasteiger partial charge on any atom is -0.493 e. The summed E-state index contributed by atoms with van der Waals surface area (Å²) in [5, 5.41) is 6.37. The van der Waals surface area contributed by atoms with Gasteiger partial charge in [0.05, 0.1) is 6.61 Å². The molecule has 4 nitrogen and oxygen atoms in total. The monoisotopic (exact) mass is 394 g/mol. The maximum atomic E-state index is 14.3. The molecule has 0 saturated heterocycles. The molecule has 2 aliphatic rings. The molecule has 0 radical (unpaired) electrons. The van der Waals surface area contributed by atoms with E-state index in [1.807, 2.05) is 0 Å². The van der Waals surface area contributed by atoms with Crippen molar-refractivity contribution in [3.8, 4) is 5.75 Å². The lowest BCUT2D eigenvalue weighted by atomic mass is 9.99. The van der Waals surface area contributed by atoms with Gasteiger partial charge < -0.3 is 4.74 Å². The van der Waals surface area contributed by atoms with Crippen LogP contribution in [-0.2, 0) is 9.67 Å². The van der Waals surface area contributed by atoms with Gasteiger partial charge in [-0.15, -0.1) is 0 Å². The highest BCUT2D eigenvalue weighted by Crippen LogP contribution is 2.54. The van der Waals surface area contributed by atoms with Crippen LogP contribution in [0.15, 0.2) is 41.5 Å². The molecule has 2 aliphatic heterocycles. The van der Waals surface area contributed by atoms with Crippen LogP contribution in [-0.4, -0.2) is 22.6 Å². The standard InChI is InChI=1S/C18H13ClF2N2O2S/c1-10(24)23-18(6-7-25-16-5-2-11(19)8-14(16)18)26-17(22-23)13-9-12(20)3-4-15(13)21/h2-5,8-9H,6-7H2,1H3. The van der Waals surface area contributed by atoms with E-state index in [0.29, 0.717) is 29.4 Å². The van der Waals surface area contributed by atoms with Crippen molar-refractivity contribution in [2.45, 2.75) is 18.2 Å². The van der Waals surface area contributed by atoms with Crippen LogP contribution in [0.3, 0.4) is 0 Å². The van der Waals surface area contributed by atoms with Crippen molar-refractivity contribution in [2.24, 2.45) is 5.10 Å². The molecule has 0 aromatic heterocycles. The van der Waals surface area contributed by atoms with Crippen LogP contribution in [0, 0.1) is 11.6 Å². The van der Waals surface area contributed by atoms with Gasteiger partial charge >= 0.3 is 0 Å². The second kappa shape index (κ2) is 6.25. The summed E-state index contributed by atoms with van der Waals surface area (Å²) in [4.78, 5) is 11.4.